The maximum absolute atomic E-state index is 12.1. The molecule has 0 unspecified atom stereocenters. The Labute approximate surface area is 162 Å². The number of benzene rings is 2. The van der Waals surface area contributed by atoms with Gasteiger partial charge in [0, 0.05) is 0 Å². The molecular weight excluding hydrogens is 338 g/mol. The third-order valence-electron chi connectivity index (χ3n) is 4.19. The molecule has 27 heavy (non-hydrogen) atoms. The molecule has 0 aromatic heterocycles. The van der Waals surface area contributed by atoms with E-state index in [-0.39, 0.29) is 17.9 Å². The van der Waals surface area contributed by atoms with Crippen molar-refractivity contribution in [2.75, 3.05) is 19.8 Å². The first-order chi connectivity index (χ1) is 12.6. The van der Waals surface area contributed by atoms with Crippen LogP contribution in [0.5, 0.6) is 11.5 Å². The van der Waals surface area contributed by atoms with Gasteiger partial charge < -0.3 is 14.8 Å². The fourth-order valence-electron chi connectivity index (χ4n) is 2.93. The number of aryl methyl sites for hydroxylation is 3. The van der Waals surface area contributed by atoms with Gasteiger partial charge in [-0.1, -0.05) is 44.5 Å². The number of amides is 1. The lowest BCUT2D eigenvalue weighted by Crippen LogP contribution is -2.32. The summed E-state index contributed by atoms with van der Waals surface area (Å²) in [5, 5.41) is 2.83. The highest BCUT2D eigenvalue weighted by molar-refractivity contribution is 5.77. The van der Waals surface area contributed by atoms with Crippen molar-refractivity contribution in [2.45, 2.75) is 47.0 Å². The zero-order chi connectivity index (χ0) is 20.0. The Morgan fingerprint density at radius 3 is 2.22 bits per heavy atom. The molecule has 0 saturated carbocycles. The number of nitrogens with one attached hydrogen (secondary N) is 1. The Kier molecular flexibility index (Phi) is 6.89. The van der Waals surface area contributed by atoms with E-state index in [0.717, 1.165) is 28.2 Å². The van der Waals surface area contributed by atoms with Gasteiger partial charge in [0.15, 0.2) is 6.61 Å². The second kappa shape index (κ2) is 8.94. The summed E-state index contributed by atoms with van der Waals surface area (Å²) in [6, 6.07) is 12.1. The topological polar surface area (TPSA) is 47.6 Å². The standard InChI is InChI=1S/C23H31NO3/c1-16-7-8-21(20(14-16)23(4,5)6)27-15-22(25)24-9-10-26-19-12-17(2)11-18(3)13-19/h7-8,11-14H,9-10,15H2,1-6H3,(H,24,25). The van der Waals surface area contributed by atoms with Gasteiger partial charge in [0.1, 0.15) is 18.1 Å². The summed E-state index contributed by atoms with van der Waals surface area (Å²) in [6.07, 6.45) is 0. The molecule has 0 aliphatic rings. The molecular formula is C23H31NO3. The maximum atomic E-state index is 12.1. The van der Waals surface area contributed by atoms with Gasteiger partial charge in [0.05, 0.1) is 6.54 Å². The van der Waals surface area contributed by atoms with E-state index in [0.29, 0.717) is 13.2 Å². The molecule has 146 valence electrons. The first-order valence-electron chi connectivity index (χ1n) is 9.37. The molecule has 0 bridgehead atoms. The van der Waals surface area contributed by atoms with Crippen LogP contribution < -0.4 is 14.8 Å². The van der Waals surface area contributed by atoms with Crippen LogP contribution in [-0.4, -0.2) is 25.7 Å². The van der Waals surface area contributed by atoms with Crippen LogP contribution in [0.2, 0.25) is 0 Å². The second-order valence-corrected chi connectivity index (χ2v) is 8.06. The van der Waals surface area contributed by atoms with Crippen molar-refractivity contribution in [1.82, 2.24) is 5.32 Å². The lowest BCUT2D eigenvalue weighted by molar-refractivity contribution is -0.123. The van der Waals surface area contributed by atoms with Crippen LogP contribution in [0.4, 0.5) is 0 Å². The Hall–Kier alpha value is -2.49. The van der Waals surface area contributed by atoms with E-state index >= 15 is 0 Å². The minimum Gasteiger partial charge on any atom is -0.492 e. The fourth-order valence-corrected chi connectivity index (χ4v) is 2.93. The lowest BCUT2D eigenvalue weighted by atomic mass is 9.85. The minimum absolute atomic E-state index is 0.00427. The second-order valence-electron chi connectivity index (χ2n) is 8.06. The van der Waals surface area contributed by atoms with E-state index in [1.165, 1.54) is 5.56 Å². The van der Waals surface area contributed by atoms with Gasteiger partial charge in [-0.15, -0.1) is 0 Å². The van der Waals surface area contributed by atoms with E-state index < -0.39 is 0 Å². The van der Waals surface area contributed by atoms with Gasteiger partial charge >= 0.3 is 0 Å². The number of carbonyl (C=O) groups excluding carboxylic acids is 1. The number of rotatable bonds is 7. The summed E-state index contributed by atoms with van der Waals surface area (Å²) in [6.45, 7) is 13.4. The van der Waals surface area contributed by atoms with Crippen LogP contribution in [0.3, 0.4) is 0 Å². The van der Waals surface area contributed by atoms with Crippen molar-refractivity contribution in [1.29, 1.82) is 0 Å². The highest BCUT2D eigenvalue weighted by atomic mass is 16.5. The number of hydrogen-bond donors (Lipinski definition) is 1. The average molecular weight is 370 g/mol. The van der Waals surface area contributed by atoms with Crippen LogP contribution in [0.15, 0.2) is 36.4 Å². The summed E-state index contributed by atoms with van der Waals surface area (Å²) in [5.74, 6) is 1.43. The van der Waals surface area contributed by atoms with Crippen molar-refractivity contribution < 1.29 is 14.3 Å². The molecule has 0 aliphatic carbocycles. The Morgan fingerprint density at radius 1 is 0.926 bits per heavy atom. The molecule has 4 nitrogen and oxygen atoms in total. The number of carbonyl (C=O) groups is 1. The first-order valence-corrected chi connectivity index (χ1v) is 9.37. The van der Waals surface area contributed by atoms with Crippen LogP contribution in [0, 0.1) is 20.8 Å². The Bertz CT molecular complexity index is 770. The van der Waals surface area contributed by atoms with E-state index in [9.17, 15) is 4.79 Å². The highest BCUT2D eigenvalue weighted by Gasteiger charge is 2.19. The minimum atomic E-state index is -0.153. The number of hydrogen-bond acceptors (Lipinski definition) is 3. The van der Waals surface area contributed by atoms with Gasteiger partial charge in [-0.3, -0.25) is 4.79 Å². The molecule has 0 aliphatic heterocycles. The zero-order valence-electron chi connectivity index (χ0n) is 17.3. The van der Waals surface area contributed by atoms with Gasteiger partial charge in [-0.2, -0.15) is 0 Å². The largest absolute Gasteiger partial charge is 0.492 e. The molecule has 2 aromatic carbocycles. The van der Waals surface area contributed by atoms with E-state index in [2.05, 4.69) is 45.1 Å². The molecule has 1 N–H and O–H groups in total. The van der Waals surface area contributed by atoms with Crippen molar-refractivity contribution in [2.24, 2.45) is 0 Å². The smallest absolute Gasteiger partial charge is 0.258 e. The van der Waals surface area contributed by atoms with Crippen molar-refractivity contribution in [3.63, 3.8) is 0 Å². The summed E-state index contributed by atoms with van der Waals surface area (Å²) in [4.78, 5) is 12.1. The SMILES string of the molecule is Cc1cc(C)cc(OCCNC(=O)COc2ccc(C)cc2C(C)(C)C)c1. The van der Waals surface area contributed by atoms with Gasteiger partial charge in [0.25, 0.3) is 5.91 Å². The quantitative estimate of drug-likeness (QED) is 0.732. The van der Waals surface area contributed by atoms with Crippen molar-refractivity contribution in [3.05, 3.63) is 58.7 Å². The maximum Gasteiger partial charge on any atom is 0.258 e. The molecule has 0 heterocycles. The molecule has 0 atom stereocenters. The molecule has 0 fully saturated rings. The average Bonchev–Trinajstić information content (AvgIpc) is 2.56. The first kappa shape index (κ1) is 20.8. The highest BCUT2D eigenvalue weighted by Crippen LogP contribution is 2.32. The van der Waals surface area contributed by atoms with Crippen LogP contribution in [0.25, 0.3) is 0 Å². The van der Waals surface area contributed by atoms with Crippen LogP contribution >= 0.6 is 0 Å². The molecule has 4 heteroatoms. The Morgan fingerprint density at radius 2 is 1.59 bits per heavy atom. The van der Waals surface area contributed by atoms with E-state index in [1.807, 2.05) is 38.1 Å². The molecule has 0 saturated heterocycles. The summed E-state index contributed by atoms with van der Waals surface area (Å²) < 4.78 is 11.5. The molecule has 2 rings (SSSR count). The lowest BCUT2D eigenvalue weighted by Gasteiger charge is -2.23. The van der Waals surface area contributed by atoms with Gasteiger partial charge in [-0.25, -0.2) is 0 Å². The summed E-state index contributed by atoms with van der Waals surface area (Å²) in [5.41, 5.74) is 4.57. The van der Waals surface area contributed by atoms with Gasteiger partial charge in [0.2, 0.25) is 0 Å². The Balaban J connectivity index is 1.80. The van der Waals surface area contributed by atoms with Crippen molar-refractivity contribution >= 4 is 5.91 Å². The van der Waals surface area contributed by atoms with E-state index in [4.69, 9.17) is 9.47 Å². The summed E-state index contributed by atoms with van der Waals surface area (Å²) in [7, 11) is 0. The zero-order valence-corrected chi connectivity index (χ0v) is 17.3. The third kappa shape index (κ3) is 6.63. The molecule has 1 amide bonds. The normalized spacial score (nSPS) is 11.2. The summed E-state index contributed by atoms with van der Waals surface area (Å²) >= 11 is 0. The van der Waals surface area contributed by atoms with Gasteiger partial charge in [-0.05, 0) is 61.1 Å². The molecule has 0 spiro atoms. The number of ether oxygens (including phenoxy) is 2. The van der Waals surface area contributed by atoms with Crippen LogP contribution in [0.1, 0.15) is 43.0 Å². The molecule has 2 aromatic rings. The van der Waals surface area contributed by atoms with Crippen molar-refractivity contribution in [3.8, 4) is 11.5 Å². The van der Waals surface area contributed by atoms with Crippen LogP contribution in [-0.2, 0) is 10.2 Å². The third-order valence-corrected chi connectivity index (χ3v) is 4.19. The monoisotopic (exact) mass is 369 g/mol. The predicted octanol–water partition coefficient (Wildman–Crippen LogP) is 4.48. The predicted molar refractivity (Wildman–Crippen MR) is 110 cm³/mol. The fraction of sp³-hybridized carbons (Fsp3) is 0.435. The molecule has 0 radical (unpaired) electrons. The van der Waals surface area contributed by atoms with E-state index in [1.54, 1.807) is 0 Å².